The quantitative estimate of drug-likeness (QED) is 0.0195. The van der Waals surface area contributed by atoms with Gasteiger partial charge in [0.2, 0.25) is 0 Å². The summed E-state index contributed by atoms with van der Waals surface area (Å²) in [5, 5.41) is 0. The normalized spacial score (nSPS) is 14.1. The highest BCUT2D eigenvalue weighted by molar-refractivity contribution is 7.45. The molecule has 0 aromatic carbocycles. The summed E-state index contributed by atoms with van der Waals surface area (Å²) in [6, 6.07) is 0. The van der Waals surface area contributed by atoms with Gasteiger partial charge in [-0.25, -0.2) is 0 Å². The summed E-state index contributed by atoms with van der Waals surface area (Å²) in [4.78, 5) is 37.9. The number of nitrogens with zero attached hydrogens (tertiary/aromatic N) is 1. The van der Waals surface area contributed by atoms with E-state index < -0.39 is 32.5 Å². The van der Waals surface area contributed by atoms with Crippen molar-refractivity contribution in [3.63, 3.8) is 0 Å². The molecule has 0 spiro atoms. The van der Waals surface area contributed by atoms with Crippen LogP contribution in [0, 0.1) is 0 Å². The SMILES string of the molecule is CC/C=C\C/C=C\C/C=C\C/C=C\C/C=C\C/C=C\C/C=C\C/C=C\CCCCC(=O)OC(COC(=O)CCCCCCCCCCCCC/C=C\CCCCCCCCCC)COP(=O)([O-])OCC[N+](C)(C)C. The minimum atomic E-state index is -4.66. The van der Waals surface area contributed by atoms with Gasteiger partial charge in [0.15, 0.2) is 6.10 Å². The molecule has 10 heteroatoms. The summed E-state index contributed by atoms with van der Waals surface area (Å²) in [7, 11) is 1.12. The number of hydrogen-bond donors (Lipinski definition) is 0. The van der Waals surface area contributed by atoms with Gasteiger partial charge in [-0.1, -0.05) is 226 Å². The largest absolute Gasteiger partial charge is 0.756 e. The number of carbonyl (C=O) groups is 2. The van der Waals surface area contributed by atoms with Gasteiger partial charge in [0.1, 0.15) is 19.8 Å². The van der Waals surface area contributed by atoms with Crippen LogP contribution in [0.15, 0.2) is 109 Å². The lowest BCUT2D eigenvalue weighted by Crippen LogP contribution is -2.37. The highest BCUT2D eigenvalue weighted by Crippen LogP contribution is 2.38. The summed E-state index contributed by atoms with van der Waals surface area (Å²) in [5.41, 5.74) is 0. The van der Waals surface area contributed by atoms with Crippen molar-refractivity contribution >= 4 is 19.8 Å². The first kappa shape index (κ1) is 70.7. The number of allylic oxidation sites excluding steroid dienone is 18. The Morgan fingerprint density at radius 2 is 0.770 bits per heavy atom. The third kappa shape index (κ3) is 57.9. The van der Waals surface area contributed by atoms with Crippen molar-refractivity contribution < 1.29 is 42.1 Å². The van der Waals surface area contributed by atoms with Gasteiger partial charge in [-0.3, -0.25) is 14.2 Å². The van der Waals surface area contributed by atoms with Crippen LogP contribution in [0.1, 0.15) is 232 Å². The number of esters is 2. The second-order valence-electron chi connectivity index (χ2n) is 20.6. The highest BCUT2D eigenvalue weighted by atomic mass is 31.2. The molecule has 2 atom stereocenters. The van der Waals surface area contributed by atoms with Gasteiger partial charge in [0.25, 0.3) is 7.82 Å². The Kier molecular flexibility index (Phi) is 52.0. The van der Waals surface area contributed by atoms with E-state index in [1.165, 1.54) is 116 Å². The first-order valence-corrected chi connectivity index (χ1v) is 31.1. The lowest BCUT2D eigenvalue weighted by atomic mass is 10.0. The minimum Gasteiger partial charge on any atom is -0.756 e. The van der Waals surface area contributed by atoms with Crippen LogP contribution >= 0.6 is 7.82 Å². The molecule has 0 heterocycles. The molecular weight excluding hydrogens is 942 g/mol. The van der Waals surface area contributed by atoms with Crippen molar-refractivity contribution in [2.75, 3.05) is 47.5 Å². The van der Waals surface area contributed by atoms with Crippen LogP contribution in [0.3, 0.4) is 0 Å². The topological polar surface area (TPSA) is 111 Å². The Balaban J connectivity index is 4.28. The molecule has 0 aromatic heterocycles. The molecule has 0 fully saturated rings. The molecule has 0 aliphatic heterocycles. The molecule has 0 rings (SSSR count). The fourth-order valence-corrected chi connectivity index (χ4v) is 8.45. The van der Waals surface area contributed by atoms with E-state index in [-0.39, 0.29) is 26.1 Å². The van der Waals surface area contributed by atoms with Gasteiger partial charge >= 0.3 is 11.9 Å². The maximum atomic E-state index is 12.8. The highest BCUT2D eigenvalue weighted by Gasteiger charge is 2.21. The van der Waals surface area contributed by atoms with Crippen LogP contribution in [0.5, 0.6) is 0 Å². The number of quaternary nitrogens is 1. The van der Waals surface area contributed by atoms with E-state index in [0.717, 1.165) is 83.5 Å². The number of ether oxygens (including phenoxy) is 2. The summed E-state index contributed by atoms with van der Waals surface area (Å²) in [6.07, 6.45) is 75.7. The summed E-state index contributed by atoms with van der Waals surface area (Å²) < 4.78 is 34.1. The second-order valence-corrected chi connectivity index (χ2v) is 22.0. The van der Waals surface area contributed by atoms with Crippen LogP contribution in [0.25, 0.3) is 0 Å². The van der Waals surface area contributed by atoms with Crippen LogP contribution < -0.4 is 4.89 Å². The zero-order valence-electron chi connectivity index (χ0n) is 48.0. The van der Waals surface area contributed by atoms with Crippen LogP contribution in [0.2, 0.25) is 0 Å². The lowest BCUT2D eigenvalue weighted by Gasteiger charge is -2.28. The number of carbonyl (C=O) groups excluding carboxylic acids is 2. The average molecular weight is 1050 g/mol. The van der Waals surface area contributed by atoms with Gasteiger partial charge in [-0.05, 0) is 103 Å². The van der Waals surface area contributed by atoms with E-state index in [0.29, 0.717) is 17.4 Å². The Morgan fingerprint density at radius 3 is 1.19 bits per heavy atom. The van der Waals surface area contributed by atoms with E-state index in [1.54, 1.807) is 0 Å². The van der Waals surface area contributed by atoms with Gasteiger partial charge in [0, 0.05) is 12.8 Å². The summed E-state index contributed by atoms with van der Waals surface area (Å²) >= 11 is 0. The van der Waals surface area contributed by atoms with E-state index in [4.69, 9.17) is 18.5 Å². The third-order valence-corrected chi connectivity index (χ3v) is 13.2. The molecule has 2 unspecified atom stereocenters. The smallest absolute Gasteiger partial charge is 0.306 e. The maximum Gasteiger partial charge on any atom is 0.306 e. The molecule has 0 aliphatic rings. The van der Waals surface area contributed by atoms with Crippen molar-refractivity contribution in [1.82, 2.24) is 0 Å². The molecule has 424 valence electrons. The number of phosphoric ester groups is 1. The lowest BCUT2D eigenvalue weighted by molar-refractivity contribution is -0.870. The monoisotopic (exact) mass is 1050 g/mol. The first-order valence-electron chi connectivity index (χ1n) is 29.6. The number of unbranched alkanes of at least 4 members (excludes halogenated alkanes) is 21. The number of likely N-dealkylation sites (N-methyl/N-ethyl adjacent to an activating group) is 1. The molecule has 0 saturated heterocycles. The Bertz CT molecular complexity index is 1620. The van der Waals surface area contributed by atoms with E-state index in [2.05, 4.69) is 123 Å². The van der Waals surface area contributed by atoms with Crippen LogP contribution in [0.4, 0.5) is 0 Å². The molecule has 0 saturated carbocycles. The number of hydrogen-bond acceptors (Lipinski definition) is 8. The molecule has 0 aromatic rings. The van der Waals surface area contributed by atoms with Crippen molar-refractivity contribution in [3.8, 4) is 0 Å². The molecule has 0 aliphatic carbocycles. The van der Waals surface area contributed by atoms with Crippen molar-refractivity contribution in [2.24, 2.45) is 0 Å². The molecule has 9 nitrogen and oxygen atoms in total. The number of phosphoric acid groups is 1. The standard InChI is InChI=1S/C64H110NO8P/c1-6-8-10-12-14-16-18-20-22-24-26-28-30-31-32-33-35-37-39-41-43-45-47-49-51-53-55-57-64(67)73-62(61-72-74(68,69)71-59-58-65(3,4)5)60-70-63(66)56-54-52-50-48-46-44-42-40-38-36-34-29-27-25-23-21-19-17-15-13-11-9-7-2/h8,10,14,16,20,22,25-28,31-32,35,37,41,43,47,49,62H,6-7,9,11-13,15,17-19,21,23-24,29-30,33-34,36,38-40,42,44-46,48,50-61H2,1-5H3/b10-8-,16-14-,22-20-,27-25-,28-26-,32-31-,37-35-,43-41-,49-47-. The van der Waals surface area contributed by atoms with Crippen LogP contribution in [-0.2, 0) is 32.7 Å². The predicted octanol–water partition coefficient (Wildman–Crippen LogP) is 18.0. The fourth-order valence-electron chi connectivity index (χ4n) is 7.72. The van der Waals surface area contributed by atoms with Crippen molar-refractivity contribution in [1.29, 1.82) is 0 Å². The molecule has 0 amide bonds. The third-order valence-electron chi connectivity index (χ3n) is 12.3. The molecule has 0 bridgehead atoms. The predicted molar refractivity (Wildman–Crippen MR) is 314 cm³/mol. The average Bonchev–Trinajstić information content (AvgIpc) is 3.36. The Hall–Kier alpha value is -3.33. The van der Waals surface area contributed by atoms with Crippen molar-refractivity contribution in [3.05, 3.63) is 109 Å². The molecule has 74 heavy (non-hydrogen) atoms. The fraction of sp³-hybridized carbons (Fsp3) is 0.688. The Morgan fingerprint density at radius 1 is 0.432 bits per heavy atom. The minimum absolute atomic E-state index is 0.0451. The van der Waals surface area contributed by atoms with Crippen LogP contribution in [-0.4, -0.2) is 70.0 Å². The molecular formula is C64H110NO8P. The van der Waals surface area contributed by atoms with Crippen molar-refractivity contribution in [2.45, 2.75) is 238 Å². The summed E-state index contributed by atoms with van der Waals surface area (Å²) in [5.74, 6) is -0.889. The maximum absolute atomic E-state index is 12.8. The van der Waals surface area contributed by atoms with Gasteiger partial charge < -0.3 is 27.9 Å². The van der Waals surface area contributed by atoms with E-state index in [1.807, 2.05) is 21.1 Å². The first-order chi connectivity index (χ1) is 36.0. The molecule has 0 radical (unpaired) electrons. The summed E-state index contributed by atoms with van der Waals surface area (Å²) in [6.45, 7) is 4.07. The zero-order valence-corrected chi connectivity index (χ0v) is 48.9. The number of rotatable bonds is 53. The van der Waals surface area contributed by atoms with Gasteiger partial charge in [-0.15, -0.1) is 0 Å². The Labute approximate surface area is 455 Å². The molecule has 0 N–H and O–H groups in total. The zero-order chi connectivity index (χ0) is 54.2. The van der Waals surface area contributed by atoms with E-state index in [9.17, 15) is 19.0 Å². The second kappa shape index (κ2) is 54.5. The van der Waals surface area contributed by atoms with Gasteiger partial charge in [0.05, 0.1) is 27.7 Å². The van der Waals surface area contributed by atoms with E-state index >= 15 is 0 Å². The van der Waals surface area contributed by atoms with Gasteiger partial charge in [-0.2, -0.15) is 0 Å².